The molecule has 1 amide bonds. The van der Waals surface area contributed by atoms with Crippen molar-refractivity contribution < 1.29 is 24.2 Å². The molecule has 0 bridgehead atoms. The van der Waals surface area contributed by atoms with Crippen LogP contribution in [0, 0.1) is 0 Å². The van der Waals surface area contributed by atoms with Crippen molar-refractivity contribution in [1.29, 1.82) is 0 Å². The summed E-state index contributed by atoms with van der Waals surface area (Å²) in [7, 11) is 3.09. The predicted octanol–water partition coefficient (Wildman–Crippen LogP) is 4.13. The molecule has 214 valence electrons. The van der Waals surface area contributed by atoms with E-state index in [9.17, 15) is 14.7 Å². The largest absolute Gasteiger partial charge is 0.493 e. The zero-order valence-corrected chi connectivity index (χ0v) is 23.3. The van der Waals surface area contributed by atoms with Gasteiger partial charge in [0.2, 0.25) is 11.9 Å². The highest BCUT2D eigenvalue weighted by Gasteiger charge is 2.31. The van der Waals surface area contributed by atoms with Crippen LogP contribution < -0.4 is 20.9 Å². The lowest BCUT2D eigenvalue weighted by atomic mass is 9.87. The molecule has 0 fully saturated rings. The van der Waals surface area contributed by atoms with E-state index in [0.717, 1.165) is 22.3 Å². The Kier molecular flexibility index (Phi) is 8.05. The van der Waals surface area contributed by atoms with Gasteiger partial charge in [-0.25, -0.2) is 9.78 Å². The molecule has 0 saturated heterocycles. The number of ether oxygens (including phenoxy) is 2. The minimum absolute atomic E-state index is 0.0992. The van der Waals surface area contributed by atoms with Gasteiger partial charge in [0.15, 0.2) is 11.5 Å². The van der Waals surface area contributed by atoms with Gasteiger partial charge in [-0.15, -0.1) is 0 Å². The number of methoxy groups -OCH3 is 2. The average molecular weight is 566 g/mol. The second-order valence-electron chi connectivity index (χ2n) is 9.88. The number of amides is 1. The first-order valence-corrected chi connectivity index (χ1v) is 13.3. The lowest BCUT2D eigenvalue weighted by Gasteiger charge is -2.37. The van der Waals surface area contributed by atoms with Gasteiger partial charge in [0.05, 0.1) is 25.8 Å². The standard InChI is InChI=1S/C32H31N5O5/c1-41-26-17-19(16-24-18-35-32(34)36-30(24)33)15-23(29(26)42-2)11-12-27(38)37-14-13-20-5-3-4-6-25(20)28(37)21-7-9-22(10-8-21)31(39)40/h3-12,15,17-18,28H,13-14,16H2,1-2H3,(H,39,40)(H4,33,34,35,36). The van der Waals surface area contributed by atoms with E-state index in [2.05, 4.69) is 16.0 Å². The molecule has 0 aliphatic carbocycles. The Balaban J connectivity index is 1.48. The van der Waals surface area contributed by atoms with Crippen LogP contribution in [0.25, 0.3) is 6.08 Å². The van der Waals surface area contributed by atoms with Crippen LogP contribution in [-0.2, 0) is 17.6 Å². The van der Waals surface area contributed by atoms with E-state index in [1.807, 2.05) is 30.3 Å². The van der Waals surface area contributed by atoms with Crippen LogP contribution in [-0.4, -0.2) is 52.6 Å². The number of hydrogen-bond donors (Lipinski definition) is 3. The zero-order chi connectivity index (χ0) is 29.8. The van der Waals surface area contributed by atoms with E-state index in [1.165, 1.54) is 6.08 Å². The molecule has 0 spiro atoms. The molecule has 1 aromatic heterocycles. The van der Waals surface area contributed by atoms with Gasteiger partial charge in [0.1, 0.15) is 5.82 Å². The van der Waals surface area contributed by atoms with Crippen LogP contribution in [0.2, 0.25) is 0 Å². The monoisotopic (exact) mass is 565 g/mol. The SMILES string of the molecule is COc1cc(Cc2cnc(N)nc2N)cc(C=CC(=O)N2CCc3ccccc3C2c2ccc(C(=O)O)cc2)c1OC. The third-order valence-electron chi connectivity index (χ3n) is 7.32. The van der Waals surface area contributed by atoms with E-state index in [-0.39, 0.29) is 29.3 Å². The molecule has 5 N–H and O–H groups in total. The maximum absolute atomic E-state index is 13.8. The fourth-order valence-electron chi connectivity index (χ4n) is 5.30. The van der Waals surface area contributed by atoms with Gasteiger partial charge in [0, 0.05) is 36.4 Å². The number of nitrogen functional groups attached to an aromatic ring is 2. The summed E-state index contributed by atoms with van der Waals surface area (Å²) < 4.78 is 11.2. The van der Waals surface area contributed by atoms with Crippen LogP contribution in [0.15, 0.2) is 72.9 Å². The van der Waals surface area contributed by atoms with Crippen LogP contribution in [0.1, 0.15) is 49.8 Å². The van der Waals surface area contributed by atoms with Crippen molar-refractivity contribution >= 4 is 29.7 Å². The molecule has 4 aromatic rings. The first-order valence-electron chi connectivity index (χ1n) is 13.3. The summed E-state index contributed by atoms with van der Waals surface area (Å²) in [5.41, 5.74) is 17.1. The normalized spacial score (nSPS) is 14.4. The summed E-state index contributed by atoms with van der Waals surface area (Å²) in [5, 5.41) is 9.36. The van der Waals surface area contributed by atoms with Crippen LogP contribution in [0.3, 0.4) is 0 Å². The Bertz CT molecular complexity index is 1670. The second-order valence-corrected chi connectivity index (χ2v) is 9.88. The molecule has 0 saturated carbocycles. The fourth-order valence-corrected chi connectivity index (χ4v) is 5.30. The van der Waals surface area contributed by atoms with Crippen LogP contribution in [0.4, 0.5) is 11.8 Å². The van der Waals surface area contributed by atoms with Gasteiger partial charge in [-0.3, -0.25) is 4.79 Å². The van der Waals surface area contributed by atoms with E-state index in [0.29, 0.717) is 42.0 Å². The molecule has 1 aliphatic heterocycles. The molecule has 1 aliphatic rings. The van der Waals surface area contributed by atoms with Gasteiger partial charge in [-0.05, 0) is 59.0 Å². The molecular formula is C32H31N5O5. The quantitative estimate of drug-likeness (QED) is 0.268. The lowest BCUT2D eigenvalue weighted by molar-refractivity contribution is -0.127. The minimum atomic E-state index is -1.00. The zero-order valence-electron chi connectivity index (χ0n) is 23.3. The third kappa shape index (κ3) is 5.73. The number of carboxylic acid groups (broad SMARTS) is 1. The van der Waals surface area contributed by atoms with Gasteiger partial charge in [-0.1, -0.05) is 36.4 Å². The summed E-state index contributed by atoms with van der Waals surface area (Å²) in [5.74, 6) is 0.176. The summed E-state index contributed by atoms with van der Waals surface area (Å²) >= 11 is 0. The van der Waals surface area contributed by atoms with Crippen molar-refractivity contribution in [2.24, 2.45) is 0 Å². The molecule has 3 aromatic carbocycles. The lowest BCUT2D eigenvalue weighted by Crippen LogP contribution is -2.39. The van der Waals surface area contributed by atoms with E-state index in [4.69, 9.17) is 20.9 Å². The molecule has 1 unspecified atom stereocenters. The van der Waals surface area contributed by atoms with E-state index < -0.39 is 5.97 Å². The van der Waals surface area contributed by atoms with E-state index in [1.54, 1.807) is 55.7 Å². The molecule has 0 radical (unpaired) electrons. The molecule has 5 rings (SSSR count). The number of nitrogens with zero attached hydrogens (tertiary/aromatic N) is 3. The second kappa shape index (κ2) is 12.0. The Morgan fingerprint density at radius 1 is 1.07 bits per heavy atom. The maximum Gasteiger partial charge on any atom is 0.335 e. The number of anilines is 2. The Hall–Kier alpha value is -5.38. The van der Waals surface area contributed by atoms with Crippen molar-refractivity contribution in [3.63, 3.8) is 0 Å². The number of rotatable bonds is 8. The van der Waals surface area contributed by atoms with Crippen LogP contribution in [0.5, 0.6) is 11.5 Å². The Morgan fingerprint density at radius 3 is 2.52 bits per heavy atom. The van der Waals surface area contributed by atoms with Gasteiger partial charge in [-0.2, -0.15) is 4.98 Å². The number of carboxylic acids is 1. The van der Waals surface area contributed by atoms with Crippen molar-refractivity contribution in [2.75, 3.05) is 32.2 Å². The van der Waals surface area contributed by atoms with Crippen molar-refractivity contribution in [2.45, 2.75) is 18.9 Å². The number of nitrogens with two attached hydrogens (primary N) is 2. The number of carbonyl (C=O) groups excluding carboxylic acids is 1. The number of carbonyl (C=O) groups is 2. The highest BCUT2D eigenvalue weighted by atomic mass is 16.5. The Labute approximate surface area is 243 Å². The Morgan fingerprint density at radius 2 is 1.83 bits per heavy atom. The number of hydrogen-bond acceptors (Lipinski definition) is 8. The topological polar surface area (TPSA) is 154 Å². The third-order valence-corrected chi connectivity index (χ3v) is 7.32. The predicted molar refractivity (Wildman–Crippen MR) is 159 cm³/mol. The fraction of sp³-hybridized carbons (Fsp3) is 0.188. The van der Waals surface area contributed by atoms with Gasteiger partial charge < -0.3 is 30.9 Å². The molecule has 1 atom stereocenters. The number of benzene rings is 3. The van der Waals surface area contributed by atoms with Crippen molar-refractivity contribution in [1.82, 2.24) is 14.9 Å². The number of fused-ring (bicyclic) bond motifs is 1. The number of aromatic carboxylic acids is 1. The summed E-state index contributed by atoms with van der Waals surface area (Å²) in [6.45, 7) is 0.502. The summed E-state index contributed by atoms with van der Waals surface area (Å²) in [6, 6.07) is 18.0. The molecular weight excluding hydrogens is 534 g/mol. The molecule has 10 nitrogen and oxygen atoms in total. The first kappa shape index (κ1) is 28.2. The maximum atomic E-state index is 13.8. The van der Waals surface area contributed by atoms with Crippen molar-refractivity contribution in [3.05, 3.63) is 112 Å². The minimum Gasteiger partial charge on any atom is -0.493 e. The highest BCUT2D eigenvalue weighted by Crippen LogP contribution is 2.37. The van der Waals surface area contributed by atoms with Gasteiger partial charge >= 0.3 is 5.97 Å². The van der Waals surface area contributed by atoms with Crippen LogP contribution >= 0.6 is 0 Å². The first-order chi connectivity index (χ1) is 20.3. The number of aromatic nitrogens is 2. The highest BCUT2D eigenvalue weighted by molar-refractivity contribution is 5.93. The smallest absolute Gasteiger partial charge is 0.335 e. The van der Waals surface area contributed by atoms with Crippen molar-refractivity contribution in [3.8, 4) is 11.5 Å². The molecule has 42 heavy (non-hydrogen) atoms. The average Bonchev–Trinajstić information content (AvgIpc) is 3.00. The van der Waals surface area contributed by atoms with Gasteiger partial charge in [0.25, 0.3) is 0 Å². The van der Waals surface area contributed by atoms with E-state index >= 15 is 0 Å². The summed E-state index contributed by atoms with van der Waals surface area (Å²) in [6.07, 6.45) is 5.94. The molecule has 2 heterocycles. The summed E-state index contributed by atoms with van der Waals surface area (Å²) in [4.78, 5) is 35.1. The molecule has 10 heteroatoms.